The molecule has 4 rings (SSSR count). The third-order valence-electron chi connectivity index (χ3n) is 7.90. The predicted molar refractivity (Wildman–Crippen MR) is 165 cm³/mol. The first-order valence-corrected chi connectivity index (χ1v) is 15.3. The summed E-state index contributed by atoms with van der Waals surface area (Å²) in [5, 5.41) is 0. The quantitative estimate of drug-likeness (QED) is 0.215. The Balaban J connectivity index is 1.44. The second-order valence-corrected chi connectivity index (χ2v) is 12.6. The van der Waals surface area contributed by atoms with Crippen LogP contribution >= 0.6 is 0 Å². The number of rotatable bonds is 10. The second kappa shape index (κ2) is 14.3. The average molecular weight is 610 g/mol. The van der Waals surface area contributed by atoms with Gasteiger partial charge in [-0.25, -0.2) is 0 Å². The SMILES string of the molecule is CN(CCC(=O)OC(C)(C)C)C(=O)c1ccc(OC(CC2CCCCC2)c2ccc(-c3ccc(C(F)(F)F)cc3)cc2)cc1. The molecular weight excluding hydrogens is 567 g/mol. The maximum absolute atomic E-state index is 13.0. The molecule has 1 unspecified atom stereocenters. The van der Waals surface area contributed by atoms with Crippen molar-refractivity contribution in [2.45, 2.75) is 83.6 Å². The molecule has 44 heavy (non-hydrogen) atoms. The lowest BCUT2D eigenvalue weighted by atomic mass is 9.84. The van der Waals surface area contributed by atoms with E-state index in [9.17, 15) is 22.8 Å². The number of nitrogens with zero attached hydrogens (tertiary/aromatic N) is 1. The van der Waals surface area contributed by atoms with Gasteiger partial charge in [0.1, 0.15) is 17.5 Å². The van der Waals surface area contributed by atoms with E-state index in [2.05, 4.69) is 0 Å². The zero-order chi connectivity index (χ0) is 31.9. The maximum Gasteiger partial charge on any atom is 0.416 e. The summed E-state index contributed by atoms with van der Waals surface area (Å²) in [7, 11) is 1.66. The number of hydrogen-bond acceptors (Lipinski definition) is 4. The van der Waals surface area contributed by atoms with Crippen LogP contribution in [0.4, 0.5) is 13.2 Å². The summed E-state index contributed by atoms with van der Waals surface area (Å²) in [6, 6.07) is 20.0. The van der Waals surface area contributed by atoms with Gasteiger partial charge >= 0.3 is 12.1 Å². The van der Waals surface area contributed by atoms with Gasteiger partial charge in [0.25, 0.3) is 5.91 Å². The molecule has 0 aliphatic heterocycles. The van der Waals surface area contributed by atoms with Gasteiger partial charge in [0.15, 0.2) is 0 Å². The minimum absolute atomic E-state index is 0.112. The first-order valence-electron chi connectivity index (χ1n) is 15.3. The van der Waals surface area contributed by atoms with Gasteiger partial charge in [0.2, 0.25) is 0 Å². The molecule has 1 aliphatic carbocycles. The molecule has 0 N–H and O–H groups in total. The summed E-state index contributed by atoms with van der Waals surface area (Å²) >= 11 is 0. The van der Waals surface area contributed by atoms with Crippen molar-refractivity contribution in [2.24, 2.45) is 5.92 Å². The Labute approximate surface area is 258 Å². The topological polar surface area (TPSA) is 55.8 Å². The molecule has 1 atom stereocenters. The highest BCUT2D eigenvalue weighted by Crippen LogP contribution is 2.36. The van der Waals surface area contributed by atoms with Crippen molar-refractivity contribution in [3.05, 3.63) is 89.5 Å². The first-order chi connectivity index (χ1) is 20.8. The van der Waals surface area contributed by atoms with Crippen LogP contribution in [0.2, 0.25) is 0 Å². The lowest BCUT2D eigenvalue weighted by Crippen LogP contribution is -2.31. The van der Waals surface area contributed by atoms with Crippen LogP contribution in [0.15, 0.2) is 72.8 Å². The Hall–Kier alpha value is -3.81. The van der Waals surface area contributed by atoms with Crippen molar-refractivity contribution in [3.63, 3.8) is 0 Å². The number of alkyl halides is 3. The molecule has 3 aromatic carbocycles. The molecular formula is C36H42F3NO4. The molecule has 0 heterocycles. The van der Waals surface area contributed by atoms with E-state index in [1.54, 1.807) is 31.3 Å². The van der Waals surface area contributed by atoms with Gasteiger partial charge in [-0.3, -0.25) is 9.59 Å². The third kappa shape index (κ3) is 9.60. The fourth-order valence-corrected chi connectivity index (χ4v) is 5.53. The number of amides is 1. The summed E-state index contributed by atoms with van der Waals surface area (Å²) in [5.41, 5.74) is 1.79. The molecule has 0 aromatic heterocycles. The molecule has 1 fully saturated rings. The molecule has 0 bridgehead atoms. The van der Waals surface area contributed by atoms with Crippen LogP contribution in [0.25, 0.3) is 11.1 Å². The van der Waals surface area contributed by atoms with Gasteiger partial charge in [-0.2, -0.15) is 13.2 Å². The van der Waals surface area contributed by atoms with Crippen molar-refractivity contribution in [1.29, 1.82) is 0 Å². The summed E-state index contributed by atoms with van der Waals surface area (Å²) in [6.45, 7) is 5.67. The Morgan fingerprint density at radius 2 is 1.41 bits per heavy atom. The van der Waals surface area contributed by atoms with Crippen molar-refractivity contribution in [2.75, 3.05) is 13.6 Å². The number of hydrogen-bond donors (Lipinski definition) is 0. The van der Waals surface area contributed by atoms with Crippen LogP contribution in [0.1, 0.15) is 93.3 Å². The lowest BCUT2D eigenvalue weighted by molar-refractivity contribution is -0.155. The average Bonchev–Trinajstić information content (AvgIpc) is 2.99. The van der Waals surface area contributed by atoms with Crippen LogP contribution < -0.4 is 4.74 Å². The highest BCUT2D eigenvalue weighted by Gasteiger charge is 2.30. The van der Waals surface area contributed by atoms with Crippen molar-refractivity contribution < 1.29 is 32.2 Å². The standard InChI is InChI=1S/C36H42F3NO4/c1-35(2,3)44-33(41)22-23-40(4)34(42)29-16-20-31(21-17-29)43-32(24-25-8-6-5-7-9-25)28-12-10-26(11-13-28)27-14-18-30(19-15-27)36(37,38)39/h10-21,25,32H,5-9,22-24H2,1-4H3. The molecule has 236 valence electrons. The summed E-state index contributed by atoms with van der Waals surface area (Å²) in [4.78, 5) is 26.5. The van der Waals surface area contributed by atoms with Crippen LogP contribution in [-0.2, 0) is 15.7 Å². The van der Waals surface area contributed by atoms with Crippen molar-refractivity contribution in [3.8, 4) is 16.9 Å². The van der Waals surface area contributed by atoms with E-state index in [0.717, 1.165) is 42.5 Å². The van der Waals surface area contributed by atoms with Gasteiger partial charge < -0.3 is 14.4 Å². The van der Waals surface area contributed by atoms with Crippen LogP contribution in [0, 0.1) is 5.92 Å². The van der Waals surface area contributed by atoms with Crippen molar-refractivity contribution in [1.82, 2.24) is 4.90 Å². The minimum atomic E-state index is -4.37. The summed E-state index contributed by atoms with van der Waals surface area (Å²) in [5.74, 6) is 0.642. The number of benzene rings is 3. The number of carbonyl (C=O) groups is 2. The Kier molecular flexibility index (Phi) is 10.8. The number of esters is 1. The van der Waals surface area contributed by atoms with Gasteiger partial charge in [-0.05, 0) is 86.2 Å². The van der Waals surface area contributed by atoms with E-state index >= 15 is 0 Å². The third-order valence-corrected chi connectivity index (χ3v) is 7.90. The Morgan fingerprint density at radius 3 is 1.95 bits per heavy atom. The molecule has 0 saturated heterocycles. The Morgan fingerprint density at radius 1 is 0.841 bits per heavy atom. The molecule has 0 spiro atoms. The lowest BCUT2D eigenvalue weighted by Gasteiger charge is -2.27. The van der Waals surface area contributed by atoms with Gasteiger partial charge in [-0.1, -0.05) is 68.5 Å². The normalized spacial score (nSPS) is 15.0. The summed E-state index contributed by atoms with van der Waals surface area (Å²) < 4.78 is 50.8. The molecule has 1 aliphatic rings. The highest BCUT2D eigenvalue weighted by atomic mass is 19.4. The molecule has 5 nitrogen and oxygen atoms in total. The zero-order valence-corrected chi connectivity index (χ0v) is 26.0. The first kappa shape index (κ1) is 33.1. The van der Waals surface area contributed by atoms with Gasteiger partial charge in [0.05, 0.1) is 12.0 Å². The van der Waals surface area contributed by atoms with E-state index in [1.807, 2.05) is 45.0 Å². The number of ether oxygens (including phenoxy) is 2. The van der Waals surface area contributed by atoms with Crippen LogP contribution in [0.3, 0.4) is 0 Å². The van der Waals surface area contributed by atoms with E-state index in [0.29, 0.717) is 22.8 Å². The number of halogens is 3. The second-order valence-electron chi connectivity index (χ2n) is 12.6. The molecule has 3 aromatic rings. The smallest absolute Gasteiger partial charge is 0.416 e. The van der Waals surface area contributed by atoms with Gasteiger partial charge in [-0.15, -0.1) is 0 Å². The minimum Gasteiger partial charge on any atom is -0.486 e. The molecule has 8 heteroatoms. The zero-order valence-electron chi connectivity index (χ0n) is 26.0. The Bertz CT molecular complexity index is 1370. The molecule has 0 radical (unpaired) electrons. The van der Waals surface area contributed by atoms with E-state index in [-0.39, 0.29) is 30.9 Å². The van der Waals surface area contributed by atoms with E-state index in [1.165, 1.54) is 36.3 Å². The van der Waals surface area contributed by atoms with Crippen LogP contribution in [-0.4, -0.2) is 36.0 Å². The fourth-order valence-electron chi connectivity index (χ4n) is 5.53. The van der Waals surface area contributed by atoms with E-state index < -0.39 is 17.3 Å². The maximum atomic E-state index is 13.0. The van der Waals surface area contributed by atoms with Crippen molar-refractivity contribution >= 4 is 11.9 Å². The number of carbonyl (C=O) groups excluding carboxylic acids is 2. The highest BCUT2D eigenvalue weighted by molar-refractivity contribution is 5.94. The fraction of sp³-hybridized carbons (Fsp3) is 0.444. The molecule has 1 amide bonds. The largest absolute Gasteiger partial charge is 0.486 e. The van der Waals surface area contributed by atoms with E-state index in [4.69, 9.17) is 9.47 Å². The summed E-state index contributed by atoms with van der Waals surface area (Å²) in [6.07, 6.45) is 2.39. The molecule has 1 saturated carbocycles. The monoisotopic (exact) mass is 609 g/mol. The van der Waals surface area contributed by atoms with Gasteiger partial charge in [0, 0.05) is 19.2 Å². The van der Waals surface area contributed by atoms with Crippen LogP contribution in [0.5, 0.6) is 5.75 Å². The predicted octanol–water partition coefficient (Wildman–Crippen LogP) is 9.27.